The van der Waals surface area contributed by atoms with Crippen LogP contribution >= 0.6 is 11.6 Å². The number of phenolic OH excluding ortho intramolecular Hbond substituents is 1. The first kappa shape index (κ1) is 13.6. The zero-order valence-electron chi connectivity index (χ0n) is 10.8. The van der Waals surface area contributed by atoms with Gasteiger partial charge in [0.1, 0.15) is 11.6 Å². The normalized spacial score (nSPS) is 10.8. The Morgan fingerprint density at radius 2 is 2.05 bits per heavy atom. The summed E-state index contributed by atoms with van der Waals surface area (Å²) in [5, 5.41) is 14.2. The van der Waals surface area contributed by atoms with Gasteiger partial charge >= 0.3 is 0 Å². The first-order valence-corrected chi connectivity index (χ1v) is 6.55. The summed E-state index contributed by atoms with van der Waals surface area (Å²) in [6, 6.07) is 10.8. The average Bonchev–Trinajstić information content (AvgIpc) is 2.90. The lowest BCUT2D eigenvalue weighted by Crippen LogP contribution is -1.90. The molecule has 106 valence electrons. The average molecular weight is 305 g/mol. The number of nitrogens with zero attached hydrogens (tertiary/aromatic N) is 2. The van der Waals surface area contributed by atoms with Gasteiger partial charge in [0.2, 0.25) is 0 Å². The number of halogens is 2. The molecule has 0 aliphatic rings. The van der Waals surface area contributed by atoms with Crippen molar-refractivity contribution in [3.05, 3.63) is 64.7 Å². The lowest BCUT2D eigenvalue weighted by atomic mass is 10.1. The third-order valence-corrected chi connectivity index (χ3v) is 3.14. The molecule has 0 bridgehead atoms. The van der Waals surface area contributed by atoms with E-state index >= 15 is 0 Å². The molecule has 6 heteroatoms. The van der Waals surface area contributed by atoms with Gasteiger partial charge in [0, 0.05) is 11.4 Å². The van der Waals surface area contributed by atoms with Crippen LogP contribution in [0.15, 0.2) is 47.0 Å². The molecule has 2 aromatic carbocycles. The van der Waals surface area contributed by atoms with Gasteiger partial charge in [-0.25, -0.2) is 4.39 Å². The molecule has 0 atom stereocenters. The van der Waals surface area contributed by atoms with E-state index in [0.29, 0.717) is 17.3 Å². The third-order valence-electron chi connectivity index (χ3n) is 2.91. The van der Waals surface area contributed by atoms with Crippen molar-refractivity contribution < 1.29 is 14.0 Å². The summed E-state index contributed by atoms with van der Waals surface area (Å²) < 4.78 is 18.3. The molecule has 3 rings (SSSR count). The molecular formula is C15H10ClFN2O2. The number of benzene rings is 2. The molecule has 0 fully saturated rings. The van der Waals surface area contributed by atoms with Crippen molar-refractivity contribution in [2.45, 2.75) is 6.42 Å². The van der Waals surface area contributed by atoms with Crippen LogP contribution in [0.5, 0.6) is 5.75 Å². The summed E-state index contributed by atoms with van der Waals surface area (Å²) in [7, 11) is 0. The number of hydrogen-bond acceptors (Lipinski definition) is 4. The zero-order chi connectivity index (χ0) is 14.8. The highest BCUT2D eigenvalue weighted by Crippen LogP contribution is 2.28. The van der Waals surface area contributed by atoms with E-state index in [4.69, 9.17) is 16.1 Å². The Morgan fingerprint density at radius 3 is 2.86 bits per heavy atom. The fourth-order valence-corrected chi connectivity index (χ4v) is 2.16. The predicted octanol–water partition coefficient (Wildman–Crippen LogP) is 3.83. The molecule has 0 saturated carbocycles. The Hall–Kier alpha value is -2.40. The van der Waals surface area contributed by atoms with Gasteiger partial charge < -0.3 is 9.63 Å². The van der Waals surface area contributed by atoms with Crippen molar-refractivity contribution in [3.8, 4) is 17.2 Å². The Kier molecular flexibility index (Phi) is 3.58. The fraction of sp³-hybridized carbons (Fsp3) is 0.0667. The first-order valence-electron chi connectivity index (χ1n) is 6.18. The Labute approximate surface area is 124 Å². The van der Waals surface area contributed by atoms with Crippen LogP contribution in [-0.4, -0.2) is 15.2 Å². The number of aromatic hydroxyl groups is 1. The van der Waals surface area contributed by atoms with Crippen LogP contribution in [0.2, 0.25) is 5.02 Å². The summed E-state index contributed by atoms with van der Waals surface area (Å²) in [6.45, 7) is 0. The number of hydrogen-bond donors (Lipinski definition) is 1. The summed E-state index contributed by atoms with van der Waals surface area (Å²) in [6.07, 6.45) is 0.431. The predicted molar refractivity (Wildman–Crippen MR) is 75.6 cm³/mol. The highest BCUT2D eigenvalue weighted by atomic mass is 35.5. The molecule has 0 amide bonds. The molecule has 0 saturated heterocycles. The second-order valence-electron chi connectivity index (χ2n) is 4.48. The van der Waals surface area contributed by atoms with Gasteiger partial charge in [-0.3, -0.25) is 0 Å². The largest absolute Gasteiger partial charge is 0.507 e. The third kappa shape index (κ3) is 3.03. The van der Waals surface area contributed by atoms with E-state index in [1.807, 2.05) is 12.1 Å². The maximum Gasteiger partial charge on any atom is 0.261 e. The molecule has 1 heterocycles. The molecule has 0 aliphatic carbocycles. The number of aromatic nitrogens is 2. The maximum absolute atomic E-state index is 13.2. The van der Waals surface area contributed by atoms with Gasteiger partial charge in [-0.05, 0) is 35.9 Å². The quantitative estimate of drug-likeness (QED) is 0.799. The van der Waals surface area contributed by atoms with E-state index in [-0.39, 0.29) is 17.2 Å². The molecule has 4 nitrogen and oxygen atoms in total. The van der Waals surface area contributed by atoms with Crippen molar-refractivity contribution in [2.75, 3.05) is 0 Å². The lowest BCUT2D eigenvalue weighted by Gasteiger charge is -1.98. The van der Waals surface area contributed by atoms with Crippen molar-refractivity contribution in [1.82, 2.24) is 10.1 Å². The maximum atomic E-state index is 13.2. The van der Waals surface area contributed by atoms with E-state index in [2.05, 4.69) is 10.1 Å². The molecule has 1 aromatic heterocycles. The summed E-state index contributed by atoms with van der Waals surface area (Å²) in [5.74, 6) is -0.105. The van der Waals surface area contributed by atoms with E-state index in [1.54, 1.807) is 12.1 Å². The van der Waals surface area contributed by atoms with Crippen molar-refractivity contribution in [1.29, 1.82) is 0 Å². The molecule has 0 unspecified atom stereocenters. The van der Waals surface area contributed by atoms with Crippen LogP contribution in [0.4, 0.5) is 4.39 Å². The molecule has 0 radical (unpaired) electrons. The smallest absolute Gasteiger partial charge is 0.261 e. The SMILES string of the molecule is Oc1ccc(F)cc1-c1nc(Cc2cccc(Cl)c2)no1. The number of rotatable bonds is 3. The topological polar surface area (TPSA) is 59.2 Å². The molecule has 0 spiro atoms. The van der Waals surface area contributed by atoms with Crippen LogP contribution in [0, 0.1) is 5.82 Å². The van der Waals surface area contributed by atoms with Crippen molar-refractivity contribution >= 4 is 11.6 Å². The molecule has 0 aliphatic heterocycles. The van der Waals surface area contributed by atoms with Crippen molar-refractivity contribution in [2.24, 2.45) is 0 Å². The standard InChI is InChI=1S/C15H10ClFN2O2/c16-10-3-1-2-9(6-10)7-14-18-15(21-19-14)12-8-11(17)4-5-13(12)20/h1-6,8,20H,7H2. The van der Waals surface area contributed by atoms with E-state index in [0.717, 1.165) is 17.7 Å². The molecule has 3 aromatic rings. The van der Waals surface area contributed by atoms with Crippen LogP contribution in [0.25, 0.3) is 11.5 Å². The highest BCUT2D eigenvalue weighted by Gasteiger charge is 2.14. The second kappa shape index (κ2) is 5.54. The minimum Gasteiger partial charge on any atom is -0.507 e. The van der Waals surface area contributed by atoms with Crippen LogP contribution in [0.3, 0.4) is 0 Å². The fourth-order valence-electron chi connectivity index (χ4n) is 1.94. The minimum atomic E-state index is -0.489. The van der Waals surface area contributed by atoms with Gasteiger partial charge in [-0.1, -0.05) is 28.9 Å². The Morgan fingerprint density at radius 1 is 1.19 bits per heavy atom. The first-order chi connectivity index (χ1) is 10.1. The van der Waals surface area contributed by atoms with Crippen LogP contribution in [-0.2, 0) is 6.42 Å². The van der Waals surface area contributed by atoms with Gasteiger partial charge in [-0.2, -0.15) is 4.98 Å². The van der Waals surface area contributed by atoms with Crippen molar-refractivity contribution in [3.63, 3.8) is 0 Å². The van der Waals surface area contributed by atoms with Crippen LogP contribution in [0.1, 0.15) is 11.4 Å². The Balaban J connectivity index is 1.88. The van der Waals surface area contributed by atoms with Gasteiger partial charge in [0.15, 0.2) is 5.82 Å². The molecular weight excluding hydrogens is 295 g/mol. The summed E-state index contributed by atoms with van der Waals surface area (Å²) in [5.41, 5.74) is 1.10. The molecule has 1 N–H and O–H groups in total. The number of phenols is 1. The van der Waals surface area contributed by atoms with E-state index in [1.165, 1.54) is 6.07 Å². The van der Waals surface area contributed by atoms with Gasteiger partial charge in [-0.15, -0.1) is 0 Å². The van der Waals surface area contributed by atoms with E-state index in [9.17, 15) is 9.50 Å². The van der Waals surface area contributed by atoms with Gasteiger partial charge in [0.25, 0.3) is 5.89 Å². The second-order valence-corrected chi connectivity index (χ2v) is 4.92. The zero-order valence-corrected chi connectivity index (χ0v) is 11.5. The van der Waals surface area contributed by atoms with Gasteiger partial charge in [0.05, 0.1) is 5.56 Å². The molecule has 21 heavy (non-hydrogen) atoms. The summed E-state index contributed by atoms with van der Waals surface area (Å²) >= 11 is 5.91. The monoisotopic (exact) mass is 304 g/mol. The van der Waals surface area contributed by atoms with E-state index < -0.39 is 5.82 Å². The lowest BCUT2D eigenvalue weighted by molar-refractivity contribution is 0.418. The Bertz CT molecular complexity index is 789. The summed E-state index contributed by atoms with van der Waals surface area (Å²) in [4.78, 5) is 4.16. The minimum absolute atomic E-state index is 0.0732. The van der Waals surface area contributed by atoms with Crippen LogP contribution < -0.4 is 0 Å². The highest BCUT2D eigenvalue weighted by molar-refractivity contribution is 6.30.